The average Bonchev–Trinajstić information content (AvgIpc) is 2.62. The van der Waals surface area contributed by atoms with E-state index >= 15 is 0 Å². The third kappa shape index (κ3) is 7.58. The highest BCUT2D eigenvalue weighted by Gasteiger charge is 2.32. The number of amides is 1. The largest absolute Gasteiger partial charge is 0.450 e. The molecule has 0 N–H and O–H groups in total. The van der Waals surface area contributed by atoms with Gasteiger partial charge in [0.25, 0.3) is 0 Å². The van der Waals surface area contributed by atoms with Gasteiger partial charge in [-0.15, -0.1) is 0 Å². The summed E-state index contributed by atoms with van der Waals surface area (Å²) in [6.07, 6.45) is 4.13. The molecule has 0 aliphatic carbocycles. The fraction of sp³-hybridized carbons (Fsp3) is 0.571. The Morgan fingerprint density at radius 3 is 2.46 bits per heavy atom. The predicted molar refractivity (Wildman–Crippen MR) is 104 cm³/mol. The lowest BCUT2D eigenvalue weighted by molar-refractivity contribution is -0.0834. The zero-order valence-electron chi connectivity index (χ0n) is 16.7. The lowest BCUT2D eigenvalue weighted by atomic mass is 9.96. The molecule has 146 valence electrons. The zero-order valence-corrected chi connectivity index (χ0v) is 16.7. The van der Waals surface area contributed by atoms with E-state index in [4.69, 9.17) is 14.2 Å². The van der Waals surface area contributed by atoms with Crippen LogP contribution in [-0.2, 0) is 20.8 Å². The maximum atomic E-state index is 12.7. The van der Waals surface area contributed by atoms with Crippen molar-refractivity contribution in [2.45, 2.75) is 52.8 Å². The van der Waals surface area contributed by atoms with E-state index in [0.717, 1.165) is 12.0 Å². The summed E-state index contributed by atoms with van der Waals surface area (Å²) in [5.41, 5.74) is 1.06. The Hall–Kier alpha value is -1.85. The molecule has 0 heterocycles. The molecule has 0 spiro atoms. The minimum absolute atomic E-state index is 0.152. The van der Waals surface area contributed by atoms with Crippen LogP contribution in [0.1, 0.15) is 39.7 Å². The fourth-order valence-electron chi connectivity index (χ4n) is 2.86. The van der Waals surface area contributed by atoms with E-state index in [1.807, 2.05) is 56.3 Å². The number of ether oxygens (including phenoxy) is 3. The van der Waals surface area contributed by atoms with Crippen LogP contribution in [0.3, 0.4) is 0 Å². The molecule has 0 fully saturated rings. The average molecular weight is 363 g/mol. The molecule has 0 bridgehead atoms. The van der Waals surface area contributed by atoms with Crippen molar-refractivity contribution in [3.63, 3.8) is 0 Å². The quantitative estimate of drug-likeness (QED) is 0.425. The Kier molecular flexibility index (Phi) is 10.7. The molecule has 0 aliphatic rings. The maximum Gasteiger partial charge on any atom is 0.410 e. The first kappa shape index (κ1) is 22.2. The number of nitrogens with zero attached hydrogens (tertiary/aromatic N) is 1. The van der Waals surface area contributed by atoms with E-state index < -0.39 is 0 Å². The molecule has 1 rings (SSSR count). The highest BCUT2D eigenvalue weighted by Crippen LogP contribution is 2.22. The molecule has 1 amide bonds. The second kappa shape index (κ2) is 12.5. The van der Waals surface area contributed by atoms with Gasteiger partial charge < -0.3 is 14.2 Å². The molecule has 0 unspecified atom stereocenters. The molecule has 1 aromatic rings. The van der Waals surface area contributed by atoms with E-state index in [1.165, 1.54) is 0 Å². The number of rotatable bonds is 11. The summed E-state index contributed by atoms with van der Waals surface area (Å²) in [6.45, 7) is 9.03. The van der Waals surface area contributed by atoms with Crippen molar-refractivity contribution in [1.29, 1.82) is 0 Å². The minimum Gasteiger partial charge on any atom is -0.450 e. The van der Waals surface area contributed by atoms with Gasteiger partial charge in [0.05, 0.1) is 18.8 Å². The normalized spacial score (nSPS) is 13.8. The number of hydrogen-bond donors (Lipinski definition) is 0. The van der Waals surface area contributed by atoms with Crippen molar-refractivity contribution in [2.24, 2.45) is 5.92 Å². The third-order valence-electron chi connectivity index (χ3n) is 3.95. The van der Waals surface area contributed by atoms with E-state index in [9.17, 15) is 4.79 Å². The molecule has 0 saturated carbocycles. The Labute approximate surface area is 157 Å². The van der Waals surface area contributed by atoms with Crippen LogP contribution in [0, 0.1) is 5.92 Å². The first-order chi connectivity index (χ1) is 12.5. The van der Waals surface area contributed by atoms with Crippen LogP contribution in [0.25, 0.3) is 0 Å². The highest BCUT2D eigenvalue weighted by molar-refractivity contribution is 5.68. The Balaban J connectivity index is 3.17. The number of carbonyl (C=O) groups excluding carboxylic acids is 1. The summed E-state index contributed by atoms with van der Waals surface area (Å²) in [5, 5.41) is 0. The topological polar surface area (TPSA) is 48.0 Å². The lowest BCUT2D eigenvalue weighted by Crippen LogP contribution is -2.48. The molecular formula is C21H33NO4. The second-order valence-corrected chi connectivity index (χ2v) is 6.57. The smallest absolute Gasteiger partial charge is 0.410 e. The summed E-state index contributed by atoms with van der Waals surface area (Å²) in [5.74, 6) is 0.395. The summed E-state index contributed by atoms with van der Waals surface area (Å²) < 4.78 is 16.3. The molecule has 0 aromatic heterocycles. The lowest BCUT2D eigenvalue weighted by Gasteiger charge is -2.36. The van der Waals surface area contributed by atoms with Crippen molar-refractivity contribution in [2.75, 3.05) is 20.5 Å². The van der Waals surface area contributed by atoms with Gasteiger partial charge in [0, 0.05) is 13.7 Å². The fourth-order valence-corrected chi connectivity index (χ4v) is 2.86. The summed E-state index contributed by atoms with van der Waals surface area (Å²) >= 11 is 0. The van der Waals surface area contributed by atoms with Gasteiger partial charge in [-0.25, -0.2) is 4.79 Å². The standard InChI is InChI=1S/C21H33NO4/c1-6-11-20(26-16-24-5)19(14-17(3)4)22(21(23)25-7-2)15-18-12-9-8-10-13-18/h6,8-13,17,19-20H,7,14-16H2,1-5H3/b11-6-/t19-,20-/m1/s1. The van der Waals surface area contributed by atoms with Gasteiger partial charge in [0.2, 0.25) is 0 Å². The molecule has 26 heavy (non-hydrogen) atoms. The van der Waals surface area contributed by atoms with E-state index in [2.05, 4.69) is 13.8 Å². The molecule has 0 saturated heterocycles. The molecule has 5 nitrogen and oxygen atoms in total. The molecule has 2 atom stereocenters. The number of carbonyl (C=O) groups is 1. The predicted octanol–water partition coefficient (Wildman–Crippen LogP) is 4.63. The van der Waals surface area contributed by atoms with Gasteiger partial charge in [-0.1, -0.05) is 56.3 Å². The van der Waals surface area contributed by atoms with Gasteiger partial charge >= 0.3 is 6.09 Å². The maximum absolute atomic E-state index is 12.7. The van der Waals surface area contributed by atoms with Crippen molar-refractivity contribution in [3.05, 3.63) is 48.0 Å². The van der Waals surface area contributed by atoms with Crippen LogP contribution in [-0.4, -0.2) is 43.6 Å². The van der Waals surface area contributed by atoms with E-state index in [-0.39, 0.29) is 25.0 Å². The van der Waals surface area contributed by atoms with Crippen molar-refractivity contribution in [1.82, 2.24) is 4.90 Å². The first-order valence-electron chi connectivity index (χ1n) is 9.24. The Morgan fingerprint density at radius 1 is 1.23 bits per heavy atom. The Bertz CT molecular complexity index is 530. The van der Waals surface area contributed by atoms with Gasteiger partial charge in [0.15, 0.2) is 0 Å². The summed E-state index contributed by atoms with van der Waals surface area (Å²) in [4.78, 5) is 14.5. The second-order valence-electron chi connectivity index (χ2n) is 6.57. The zero-order chi connectivity index (χ0) is 19.4. The van der Waals surface area contributed by atoms with E-state index in [1.54, 1.807) is 12.0 Å². The van der Waals surface area contributed by atoms with Crippen LogP contribution in [0.4, 0.5) is 4.79 Å². The van der Waals surface area contributed by atoms with Gasteiger partial charge in [-0.3, -0.25) is 4.90 Å². The van der Waals surface area contributed by atoms with Crippen molar-refractivity contribution >= 4 is 6.09 Å². The van der Waals surface area contributed by atoms with Crippen LogP contribution < -0.4 is 0 Å². The first-order valence-corrected chi connectivity index (χ1v) is 9.24. The number of allylic oxidation sites excluding steroid dienone is 1. The molecule has 5 heteroatoms. The van der Waals surface area contributed by atoms with E-state index in [0.29, 0.717) is 19.1 Å². The number of benzene rings is 1. The number of hydrogen-bond acceptors (Lipinski definition) is 4. The number of methoxy groups -OCH3 is 1. The molecule has 0 aliphatic heterocycles. The minimum atomic E-state index is -0.322. The van der Waals surface area contributed by atoms with Crippen LogP contribution in [0.5, 0.6) is 0 Å². The van der Waals surface area contributed by atoms with Gasteiger partial charge in [0.1, 0.15) is 6.79 Å². The summed E-state index contributed by atoms with van der Waals surface area (Å²) in [6, 6.07) is 9.79. The SMILES string of the molecule is C/C=C\[C@@H](OCOC)[C@@H](CC(C)C)N(Cc1ccccc1)C(=O)OCC. The summed E-state index contributed by atoms with van der Waals surface area (Å²) in [7, 11) is 1.59. The van der Waals surface area contributed by atoms with Crippen LogP contribution in [0.15, 0.2) is 42.5 Å². The molecular weight excluding hydrogens is 330 g/mol. The highest BCUT2D eigenvalue weighted by atomic mass is 16.7. The van der Waals surface area contributed by atoms with Crippen LogP contribution >= 0.6 is 0 Å². The molecule has 1 aromatic carbocycles. The van der Waals surface area contributed by atoms with Crippen LogP contribution in [0.2, 0.25) is 0 Å². The van der Waals surface area contributed by atoms with Gasteiger partial charge in [-0.2, -0.15) is 0 Å². The molecule has 0 radical (unpaired) electrons. The van der Waals surface area contributed by atoms with Crippen molar-refractivity contribution < 1.29 is 19.0 Å². The Morgan fingerprint density at radius 2 is 1.92 bits per heavy atom. The van der Waals surface area contributed by atoms with Crippen molar-refractivity contribution in [3.8, 4) is 0 Å². The monoisotopic (exact) mass is 363 g/mol. The van der Waals surface area contributed by atoms with Gasteiger partial charge in [-0.05, 0) is 31.7 Å². The third-order valence-corrected chi connectivity index (χ3v) is 3.95.